The molecule has 0 saturated carbocycles. The van der Waals surface area contributed by atoms with Crippen LogP contribution in [-0.2, 0) is 11.1 Å². The van der Waals surface area contributed by atoms with E-state index in [4.69, 9.17) is 5.73 Å². The van der Waals surface area contributed by atoms with Gasteiger partial charge in [0, 0.05) is 0 Å². The summed E-state index contributed by atoms with van der Waals surface area (Å²) in [6.07, 6.45) is 1.20. The van der Waals surface area contributed by atoms with Crippen molar-refractivity contribution in [3.05, 3.63) is 29.6 Å². The molecular formula is C10H13N2O3S-. The van der Waals surface area contributed by atoms with E-state index in [1.807, 2.05) is 6.92 Å². The Hall–Kier alpha value is -1.27. The maximum Gasteiger partial charge on any atom is 0.267 e. The van der Waals surface area contributed by atoms with Crippen molar-refractivity contribution >= 4 is 17.0 Å². The van der Waals surface area contributed by atoms with Gasteiger partial charge in [-0.2, -0.15) is 0 Å². The number of hydrogen-bond acceptors (Lipinski definition) is 4. The topological polar surface area (TPSA) is 96.1 Å². The Bertz CT molecular complexity index is 409. The van der Waals surface area contributed by atoms with E-state index in [9.17, 15) is 13.6 Å². The van der Waals surface area contributed by atoms with Crippen molar-refractivity contribution in [2.45, 2.75) is 25.0 Å². The summed E-state index contributed by atoms with van der Waals surface area (Å²) in [5.41, 5.74) is 5.53. The first-order valence-electron chi connectivity index (χ1n) is 4.91. The van der Waals surface area contributed by atoms with Crippen LogP contribution in [-0.4, -0.2) is 19.7 Å². The van der Waals surface area contributed by atoms with Crippen molar-refractivity contribution < 1.29 is 13.6 Å². The molecule has 0 aromatic carbocycles. The monoisotopic (exact) mass is 241 g/mol. The molecule has 2 N–H and O–H groups in total. The molecule has 1 heterocycles. The smallest absolute Gasteiger partial charge is 0.267 e. The predicted molar refractivity (Wildman–Crippen MR) is 59.3 cm³/mol. The van der Waals surface area contributed by atoms with Crippen LogP contribution in [0.2, 0.25) is 0 Å². The lowest BCUT2D eigenvalue weighted by molar-refractivity contribution is 0.0995. The number of aromatic nitrogens is 1. The zero-order chi connectivity index (χ0) is 12.1. The second-order valence-corrected chi connectivity index (χ2v) is 4.44. The number of carbonyl (C=O) groups excluding carboxylic acids is 1. The predicted octanol–water partition coefficient (Wildman–Crippen LogP) is 0.901. The van der Waals surface area contributed by atoms with Crippen LogP contribution in [0.4, 0.5) is 0 Å². The van der Waals surface area contributed by atoms with Gasteiger partial charge in [-0.3, -0.25) is 9.00 Å². The summed E-state index contributed by atoms with van der Waals surface area (Å²) in [5.74, 6) is -0.659. The van der Waals surface area contributed by atoms with Gasteiger partial charge in [0.15, 0.2) is 0 Å². The van der Waals surface area contributed by atoms with Crippen molar-refractivity contribution in [3.63, 3.8) is 0 Å². The molecule has 0 bridgehead atoms. The van der Waals surface area contributed by atoms with Crippen LogP contribution in [0.15, 0.2) is 18.2 Å². The maximum atomic E-state index is 11.0. The van der Waals surface area contributed by atoms with Crippen molar-refractivity contribution in [1.29, 1.82) is 0 Å². The van der Waals surface area contributed by atoms with Gasteiger partial charge in [-0.1, -0.05) is 19.4 Å². The fourth-order valence-corrected chi connectivity index (χ4v) is 2.13. The Balaban J connectivity index is 3.04. The molecule has 1 aromatic rings. The van der Waals surface area contributed by atoms with Gasteiger partial charge >= 0.3 is 0 Å². The minimum absolute atomic E-state index is 0.0871. The van der Waals surface area contributed by atoms with E-state index >= 15 is 0 Å². The molecule has 0 fully saturated rings. The molecule has 1 amide bonds. The first-order chi connectivity index (χ1) is 7.56. The minimum atomic E-state index is -2.24. The summed E-state index contributed by atoms with van der Waals surface area (Å²) in [4.78, 5) is 14.9. The molecule has 6 heteroatoms. The van der Waals surface area contributed by atoms with E-state index in [2.05, 4.69) is 4.98 Å². The van der Waals surface area contributed by atoms with Gasteiger partial charge in [-0.25, -0.2) is 4.98 Å². The average molecular weight is 241 g/mol. The van der Waals surface area contributed by atoms with Gasteiger partial charge in [0.05, 0.1) is 10.9 Å². The Morgan fingerprint density at radius 1 is 1.62 bits per heavy atom. The van der Waals surface area contributed by atoms with Gasteiger partial charge in [0.2, 0.25) is 0 Å². The highest BCUT2D eigenvalue weighted by Crippen LogP contribution is 2.22. The van der Waals surface area contributed by atoms with Gasteiger partial charge < -0.3 is 10.3 Å². The van der Waals surface area contributed by atoms with E-state index in [0.717, 1.165) is 6.42 Å². The molecule has 5 nitrogen and oxygen atoms in total. The molecule has 2 unspecified atom stereocenters. The molecule has 1 aromatic heterocycles. The van der Waals surface area contributed by atoms with E-state index in [1.165, 1.54) is 6.07 Å². The Morgan fingerprint density at radius 2 is 2.31 bits per heavy atom. The lowest BCUT2D eigenvalue weighted by Gasteiger charge is -2.18. The standard InChI is InChI=1S/C10H14N2O3S/c1-2-4-9(16(14)15)7-5-3-6-8(12-7)10(11)13/h3,5-6,9H,2,4H2,1H3,(H2,11,13)(H,14,15)/p-1. The van der Waals surface area contributed by atoms with Gasteiger partial charge in [-0.05, 0) is 29.6 Å². The van der Waals surface area contributed by atoms with Crippen molar-refractivity contribution in [2.75, 3.05) is 0 Å². The van der Waals surface area contributed by atoms with Gasteiger partial charge in [0.25, 0.3) is 5.91 Å². The van der Waals surface area contributed by atoms with Crippen molar-refractivity contribution in [3.8, 4) is 0 Å². The Kier molecular flexibility index (Phi) is 4.57. The first-order valence-corrected chi connectivity index (χ1v) is 6.05. The quantitative estimate of drug-likeness (QED) is 0.774. The fourth-order valence-electron chi connectivity index (χ4n) is 1.37. The van der Waals surface area contributed by atoms with E-state index in [0.29, 0.717) is 12.1 Å². The summed E-state index contributed by atoms with van der Waals surface area (Å²) in [6, 6.07) is 4.63. The summed E-state index contributed by atoms with van der Waals surface area (Å²) in [6.45, 7) is 1.89. The van der Waals surface area contributed by atoms with Crippen LogP contribution in [0.5, 0.6) is 0 Å². The molecule has 1 rings (SSSR count). The molecular weight excluding hydrogens is 228 g/mol. The molecule has 88 valence electrons. The number of carbonyl (C=O) groups is 1. The molecule has 0 aliphatic rings. The summed E-state index contributed by atoms with van der Waals surface area (Å²) < 4.78 is 22.0. The summed E-state index contributed by atoms with van der Waals surface area (Å²) >= 11 is -2.24. The highest BCUT2D eigenvalue weighted by Gasteiger charge is 2.14. The van der Waals surface area contributed by atoms with Crippen molar-refractivity contribution in [1.82, 2.24) is 4.98 Å². The number of nitrogens with zero attached hydrogens (tertiary/aromatic N) is 1. The van der Waals surface area contributed by atoms with E-state index in [-0.39, 0.29) is 5.69 Å². The lowest BCUT2D eigenvalue weighted by Crippen LogP contribution is -2.16. The highest BCUT2D eigenvalue weighted by molar-refractivity contribution is 7.79. The average Bonchev–Trinajstić information content (AvgIpc) is 2.25. The Labute approximate surface area is 96.4 Å². The molecule has 0 radical (unpaired) electrons. The molecule has 2 atom stereocenters. The van der Waals surface area contributed by atoms with Gasteiger partial charge in [0.1, 0.15) is 5.69 Å². The fraction of sp³-hybridized carbons (Fsp3) is 0.400. The number of pyridine rings is 1. The first kappa shape index (κ1) is 12.8. The second kappa shape index (κ2) is 5.72. The second-order valence-electron chi connectivity index (χ2n) is 3.35. The minimum Gasteiger partial charge on any atom is -0.772 e. The SMILES string of the molecule is CCCC(c1cccc(C(N)=O)n1)S(=O)[O-]. The highest BCUT2D eigenvalue weighted by atomic mass is 32.2. The third kappa shape index (κ3) is 3.11. The number of amides is 1. The molecule has 0 saturated heterocycles. The zero-order valence-corrected chi connectivity index (χ0v) is 9.70. The molecule has 16 heavy (non-hydrogen) atoms. The largest absolute Gasteiger partial charge is 0.772 e. The van der Waals surface area contributed by atoms with Crippen LogP contribution < -0.4 is 5.73 Å². The summed E-state index contributed by atoms with van der Waals surface area (Å²) in [7, 11) is 0. The van der Waals surface area contributed by atoms with Crippen LogP contribution in [0.1, 0.15) is 41.2 Å². The molecule has 0 spiro atoms. The third-order valence-electron chi connectivity index (χ3n) is 2.14. The maximum absolute atomic E-state index is 11.0. The number of hydrogen-bond donors (Lipinski definition) is 1. The van der Waals surface area contributed by atoms with Crippen LogP contribution >= 0.6 is 0 Å². The summed E-state index contributed by atoms with van der Waals surface area (Å²) in [5, 5.41) is -0.677. The van der Waals surface area contributed by atoms with E-state index < -0.39 is 22.2 Å². The van der Waals surface area contributed by atoms with Crippen molar-refractivity contribution in [2.24, 2.45) is 5.73 Å². The van der Waals surface area contributed by atoms with Gasteiger partial charge in [-0.15, -0.1) is 0 Å². The number of nitrogens with two attached hydrogens (primary N) is 1. The van der Waals surface area contributed by atoms with Crippen LogP contribution in [0.25, 0.3) is 0 Å². The lowest BCUT2D eigenvalue weighted by atomic mass is 10.1. The van der Waals surface area contributed by atoms with E-state index in [1.54, 1.807) is 12.1 Å². The molecule has 0 aliphatic carbocycles. The molecule has 0 aliphatic heterocycles. The normalized spacial score (nSPS) is 14.4. The van der Waals surface area contributed by atoms with Crippen LogP contribution in [0.3, 0.4) is 0 Å². The number of primary amides is 1. The third-order valence-corrected chi connectivity index (χ3v) is 3.08. The zero-order valence-electron chi connectivity index (χ0n) is 8.88. The Morgan fingerprint density at radius 3 is 2.81 bits per heavy atom. The van der Waals surface area contributed by atoms with Crippen LogP contribution in [0, 0.1) is 0 Å². The number of rotatable bonds is 5.